The molecule has 0 fully saturated rings. The first-order valence-electron chi connectivity index (χ1n) is 6.63. The minimum atomic E-state index is -0.737. The van der Waals surface area contributed by atoms with E-state index in [1.165, 1.54) is 25.7 Å². The molecule has 1 atom stereocenters. The highest BCUT2D eigenvalue weighted by atomic mass is 16.5. The second kappa shape index (κ2) is 10.1. The maximum Gasteiger partial charge on any atom is 0.0975 e. The first-order chi connectivity index (χ1) is 7.62. The minimum Gasteiger partial charge on any atom is -0.386 e. The molecule has 1 unspecified atom stereocenters. The van der Waals surface area contributed by atoms with Crippen LogP contribution >= 0.6 is 0 Å². The second-order valence-corrected chi connectivity index (χ2v) is 4.74. The van der Waals surface area contributed by atoms with Crippen LogP contribution in [0.2, 0.25) is 0 Å². The lowest BCUT2D eigenvalue weighted by molar-refractivity contribution is -0.0327. The highest BCUT2D eigenvalue weighted by molar-refractivity contribution is 4.74. The predicted octanol–water partition coefficient (Wildman–Crippen LogP) is 2.33. The topological polar surface area (TPSA) is 41.5 Å². The molecule has 0 rings (SSSR count). The molecule has 0 aliphatic heterocycles. The summed E-state index contributed by atoms with van der Waals surface area (Å²) >= 11 is 0. The van der Waals surface area contributed by atoms with Gasteiger partial charge in [-0.15, -0.1) is 0 Å². The molecule has 0 saturated carbocycles. The van der Waals surface area contributed by atoms with Crippen molar-refractivity contribution in [1.29, 1.82) is 0 Å². The van der Waals surface area contributed by atoms with Crippen molar-refractivity contribution >= 4 is 0 Å². The van der Waals surface area contributed by atoms with Crippen molar-refractivity contribution in [3.05, 3.63) is 0 Å². The standard InChI is InChI=1S/C13H29NO2/c1-4-6-7-8-9-10-16-12-13(3,15)11-14-5-2/h14-15H,4-12H2,1-3H3. The van der Waals surface area contributed by atoms with Gasteiger partial charge in [0.15, 0.2) is 0 Å². The molecule has 0 bridgehead atoms. The predicted molar refractivity (Wildman–Crippen MR) is 68.7 cm³/mol. The zero-order valence-electron chi connectivity index (χ0n) is 11.2. The summed E-state index contributed by atoms with van der Waals surface area (Å²) in [5.41, 5.74) is -0.737. The van der Waals surface area contributed by atoms with Crippen LogP contribution in [0.25, 0.3) is 0 Å². The molecule has 0 aromatic heterocycles. The molecule has 98 valence electrons. The average Bonchev–Trinajstić information content (AvgIpc) is 2.25. The quantitative estimate of drug-likeness (QED) is 0.536. The van der Waals surface area contributed by atoms with Gasteiger partial charge in [0, 0.05) is 13.2 Å². The van der Waals surface area contributed by atoms with Gasteiger partial charge in [0.2, 0.25) is 0 Å². The zero-order valence-corrected chi connectivity index (χ0v) is 11.2. The molecular weight excluding hydrogens is 202 g/mol. The van der Waals surface area contributed by atoms with Gasteiger partial charge in [0.1, 0.15) is 0 Å². The summed E-state index contributed by atoms with van der Waals surface area (Å²) in [6.07, 6.45) is 6.24. The van der Waals surface area contributed by atoms with E-state index in [2.05, 4.69) is 12.2 Å². The zero-order chi connectivity index (χ0) is 12.3. The molecule has 0 aliphatic carbocycles. The Kier molecular flexibility index (Phi) is 9.99. The van der Waals surface area contributed by atoms with E-state index >= 15 is 0 Å². The van der Waals surface area contributed by atoms with Crippen molar-refractivity contribution in [1.82, 2.24) is 5.32 Å². The number of nitrogens with one attached hydrogen (secondary N) is 1. The monoisotopic (exact) mass is 231 g/mol. The van der Waals surface area contributed by atoms with Gasteiger partial charge in [-0.1, -0.05) is 39.5 Å². The van der Waals surface area contributed by atoms with Crippen LogP contribution in [0.5, 0.6) is 0 Å². The van der Waals surface area contributed by atoms with Crippen molar-refractivity contribution in [2.24, 2.45) is 0 Å². The van der Waals surface area contributed by atoms with E-state index in [1.54, 1.807) is 0 Å². The molecule has 0 aromatic carbocycles. The van der Waals surface area contributed by atoms with Gasteiger partial charge in [-0.3, -0.25) is 0 Å². The molecule has 2 N–H and O–H groups in total. The first kappa shape index (κ1) is 15.9. The summed E-state index contributed by atoms with van der Waals surface area (Å²) < 4.78 is 5.49. The fourth-order valence-corrected chi connectivity index (χ4v) is 1.55. The highest BCUT2D eigenvalue weighted by Gasteiger charge is 2.19. The van der Waals surface area contributed by atoms with Crippen molar-refractivity contribution in [2.45, 2.75) is 58.5 Å². The summed E-state index contributed by atoms with van der Waals surface area (Å²) in [6.45, 7) is 8.73. The van der Waals surface area contributed by atoms with Gasteiger partial charge < -0.3 is 15.2 Å². The summed E-state index contributed by atoms with van der Waals surface area (Å²) in [5.74, 6) is 0. The Hall–Kier alpha value is -0.120. The van der Waals surface area contributed by atoms with E-state index in [9.17, 15) is 5.11 Å². The molecule has 0 amide bonds. The van der Waals surface area contributed by atoms with Crippen molar-refractivity contribution in [3.8, 4) is 0 Å². The molecule has 3 heteroatoms. The normalized spacial score (nSPS) is 15.0. The van der Waals surface area contributed by atoms with E-state index in [1.807, 2.05) is 13.8 Å². The Morgan fingerprint density at radius 2 is 1.81 bits per heavy atom. The Bertz CT molecular complexity index is 149. The molecule has 0 aromatic rings. The maximum atomic E-state index is 9.90. The lowest BCUT2D eigenvalue weighted by atomic mass is 10.1. The molecule has 0 spiro atoms. The third-order valence-electron chi connectivity index (χ3n) is 2.56. The summed E-state index contributed by atoms with van der Waals surface area (Å²) in [4.78, 5) is 0. The summed E-state index contributed by atoms with van der Waals surface area (Å²) in [6, 6.07) is 0. The SMILES string of the molecule is CCCCCCCOCC(C)(O)CNCC. The van der Waals surface area contributed by atoms with Gasteiger partial charge in [0.05, 0.1) is 12.2 Å². The fraction of sp³-hybridized carbons (Fsp3) is 1.00. The molecule has 0 heterocycles. The Morgan fingerprint density at radius 3 is 2.44 bits per heavy atom. The van der Waals surface area contributed by atoms with E-state index in [0.717, 1.165) is 19.6 Å². The van der Waals surface area contributed by atoms with Crippen LogP contribution in [0.4, 0.5) is 0 Å². The average molecular weight is 231 g/mol. The number of ether oxygens (including phenoxy) is 1. The van der Waals surface area contributed by atoms with E-state index in [0.29, 0.717) is 13.2 Å². The van der Waals surface area contributed by atoms with Crippen molar-refractivity contribution in [2.75, 3.05) is 26.3 Å². The first-order valence-corrected chi connectivity index (χ1v) is 6.63. The number of aliphatic hydroxyl groups is 1. The minimum absolute atomic E-state index is 0.424. The molecule has 0 saturated heterocycles. The van der Waals surface area contributed by atoms with Crippen LogP contribution in [-0.4, -0.2) is 37.0 Å². The molecule has 0 aliphatic rings. The van der Waals surface area contributed by atoms with Gasteiger partial charge in [-0.05, 0) is 19.9 Å². The van der Waals surface area contributed by atoms with E-state index < -0.39 is 5.60 Å². The van der Waals surface area contributed by atoms with Gasteiger partial charge in [0.25, 0.3) is 0 Å². The number of likely N-dealkylation sites (N-methyl/N-ethyl adjacent to an activating group) is 1. The smallest absolute Gasteiger partial charge is 0.0975 e. The van der Waals surface area contributed by atoms with Crippen LogP contribution in [-0.2, 0) is 4.74 Å². The molecule has 3 nitrogen and oxygen atoms in total. The molecular formula is C13H29NO2. The van der Waals surface area contributed by atoms with Gasteiger partial charge in [-0.25, -0.2) is 0 Å². The number of rotatable bonds is 11. The third kappa shape index (κ3) is 10.4. The van der Waals surface area contributed by atoms with Crippen LogP contribution in [0, 0.1) is 0 Å². The Morgan fingerprint density at radius 1 is 1.12 bits per heavy atom. The third-order valence-corrected chi connectivity index (χ3v) is 2.56. The highest BCUT2D eigenvalue weighted by Crippen LogP contribution is 2.05. The molecule has 16 heavy (non-hydrogen) atoms. The maximum absolute atomic E-state index is 9.90. The van der Waals surface area contributed by atoms with Crippen molar-refractivity contribution in [3.63, 3.8) is 0 Å². The summed E-state index contributed by atoms with van der Waals surface area (Å²) in [5, 5.41) is 13.0. The number of hydrogen-bond donors (Lipinski definition) is 2. The van der Waals surface area contributed by atoms with Crippen molar-refractivity contribution < 1.29 is 9.84 Å². The van der Waals surface area contributed by atoms with Crippen LogP contribution in [0.3, 0.4) is 0 Å². The second-order valence-electron chi connectivity index (χ2n) is 4.74. The lowest BCUT2D eigenvalue weighted by Gasteiger charge is -2.23. The number of unbranched alkanes of at least 4 members (excludes halogenated alkanes) is 4. The van der Waals surface area contributed by atoms with Crippen LogP contribution < -0.4 is 5.32 Å². The Balaban J connectivity index is 3.29. The van der Waals surface area contributed by atoms with Gasteiger partial charge >= 0.3 is 0 Å². The largest absolute Gasteiger partial charge is 0.386 e. The van der Waals surface area contributed by atoms with Crippen LogP contribution in [0.15, 0.2) is 0 Å². The number of hydrogen-bond acceptors (Lipinski definition) is 3. The fourth-order valence-electron chi connectivity index (χ4n) is 1.55. The van der Waals surface area contributed by atoms with E-state index in [4.69, 9.17) is 4.74 Å². The van der Waals surface area contributed by atoms with E-state index in [-0.39, 0.29) is 0 Å². The lowest BCUT2D eigenvalue weighted by Crippen LogP contribution is -2.41. The molecule has 0 radical (unpaired) electrons. The van der Waals surface area contributed by atoms with Gasteiger partial charge in [-0.2, -0.15) is 0 Å². The van der Waals surface area contributed by atoms with Crippen LogP contribution in [0.1, 0.15) is 52.9 Å². The Labute approximate surface area is 101 Å². The summed E-state index contributed by atoms with van der Waals surface area (Å²) in [7, 11) is 0.